The first-order valence-corrected chi connectivity index (χ1v) is 6.01. The van der Waals surface area contributed by atoms with Gasteiger partial charge in [0.05, 0.1) is 10.6 Å². The molecule has 0 fully saturated rings. The zero-order valence-electron chi connectivity index (χ0n) is 10.3. The molecule has 3 nitrogen and oxygen atoms in total. The number of rotatable bonds is 2. The lowest BCUT2D eigenvalue weighted by atomic mass is 10.0. The van der Waals surface area contributed by atoms with Gasteiger partial charge in [-0.15, -0.1) is 0 Å². The van der Waals surface area contributed by atoms with E-state index in [0.717, 1.165) is 24.3 Å². The number of carboxylic acids is 1. The third kappa shape index (κ3) is 3.11. The summed E-state index contributed by atoms with van der Waals surface area (Å²) in [4.78, 5) is 10.9. The number of hydrogen-bond donors (Lipinski definition) is 2. The van der Waals surface area contributed by atoms with Gasteiger partial charge in [0, 0.05) is 0 Å². The lowest BCUT2D eigenvalue weighted by molar-refractivity contribution is -0.137. The van der Waals surface area contributed by atoms with Gasteiger partial charge in [-0.1, -0.05) is 23.7 Å². The molecule has 2 N–H and O–H groups in total. The first-order valence-electron chi connectivity index (χ1n) is 5.63. The summed E-state index contributed by atoms with van der Waals surface area (Å²) in [7, 11) is 0. The molecule has 0 radical (unpaired) electrons. The summed E-state index contributed by atoms with van der Waals surface area (Å²) in [5.74, 6) is -1.84. The standard InChI is InChI=1S/C14H8ClF3O3/c15-11-3-1-8(6-10(11)14(16,17)18)7-2-4-12(19)9(5-7)13(20)21/h1-6,19H,(H,20,21). The average Bonchev–Trinajstić information content (AvgIpc) is 2.38. The van der Waals surface area contributed by atoms with E-state index in [-0.39, 0.29) is 11.1 Å². The van der Waals surface area contributed by atoms with Crippen molar-refractivity contribution in [2.45, 2.75) is 6.18 Å². The summed E-state index contributed by atoms with van der Waals surface area (Å²) in [6.07, 6.45) is -4.61. The predicted octanol–water partition coefficient (Wildman–Crippen LogP) is 4.43. The van der Waals surface area contributed by atoms with Gasteiger partial charge in [0.15, 0.2) is 0 Å². The van der Waals surface area contributed by atoms with E-state index in [0.29, 0.717) is 0 Å². The molecule has 7 heteroatoms. The number of aromatic carboxylic acids is 1. The summed E-state index contributed by atoms with van der Waals surface area (Å²) in [5, 5.41) is 17.9. The van der Waals surface area contributed by atoms with Gasteiger partial charge in [0.25, 0.3) is 0 Å². The van der Waals surface area contributed by atoms with Gasteiger partial charge in [-0.25, -0.2) is 4.79 Å². The molecule has 0 spiro atoms. The minimum atomic E-state index is -4.61. The Kier molecular flexibility index (Phi) is 3.82. The maximum absolute atomic E-state index is 12.8. The van der Waals surface area contributed by atoms with Crippen LogP contribution in [0.4, 0.5) is 13.2 Å². The highest BCUT2D eigenvalue weighted by Gasteiger charge is 2.33. The van der Waals surface area contributed by atoms with Gasteiger partial charge in [0.1, 0.15) is 11.3 Å². The number of aromatic hydroxyl groups is 1. The Morgan fingerprint density at radius 3 is 2.19 bits per heavy atom. The van der Waals surface area contributed by atoms with Crippen molar-refractivity contribution in [3.63, 3.8) is 0 Å². The van der Waals surface area contributed by atoms with Gasteiger partial charge < -0.3 is 10.2 Å². The smallest absolute Gasteiger partial charge is 0.417 e. The van der Waals surface area contributed by atoms with Crippen molar-refractivity contribution >= 4 is 17.6 Å². The Hall–Kier alpha value is -2.21. The number of alkyl halides is 3. The van der Waals surface area contributed by atoms with Crippen LogP contribution in [0.5, 0.6) is 5.75 Å². The van der Waals surface area contributed by atoms with Crippen molar-refractivity contribution in [2.24, 2.45) is 0 Å². The van der Waals surface area contributed by atoms with Crippen molar-refractivity contribution in [3.8, 4) is 16.9 Å². The molecule has 0 aliphatic carbocycles. The molecular weight excluding hydrogens is 309 g/mol. The maximum Gasteiger partial charge on any atom is 0.417 e. The van der Waals surface area contributed by atoms with Gasteiger partial charge in [-0.05, 0) is 35.4 Å². The first kappa shape index (κ1) is 15.2. The molecule has 0 aliphatic heterocycles. The van der Waals surface area contributed by atoms with Gasteiger partial charge >= 0.3 is 12.1 Å². The second-order valence-electron chi connectivity index (χ2n) is 4.23. The fourth-order valence-corrected chi connectivity index (χ4v) is 2.03. The Balaban J connectivity index is 2.58. The molecule has 0 bridgehead atoms. The van der Waals surface area contributed by atoms with E-state index in [1.54, 1.807) is 0 Å². The van der Waals surface area contributed by atoms with Crippen LogP contribution in [-0.4, -0.2) is 16.2 Å². The lowest BCUT2D eigenvalue weighted by Gasteiger charge is -2.11. The van der Waals surface area contributed by atoms with Crippen molar-refractivity contribution in [3.05, 3.63) is 52.5 Å². The van der Waals surface area contributed by atoms with E-state index >= 15 is 0 Å². The zero-order valence-corrected chi connectivity index (χ0v) is 11.0. The SMILES string of the molecule is O=C(O)c1cc(-c2ccc(Cl)c(C(F)(F)F)c2)ccc1O. The maximum atomic E-state index is 12.8. The predicted molar refractivity (Wildman–Crippen MR) is 70.5 cm³/mol. The average molecular weight is 317 g/mol. The van der Waals surface area contributed by atoms with Crippen LogP contribution in [0.15, 0.2) is 36.4 Å². The first-order chi connectivity index (χ1) is 9.70. The van der Waals surface area contributed by atoms with E-state index in [1.807, 2.05) is 0 Å². The third-order valence-corrected chi connectivity index (χ3v) is 3.16. The van der Waals surface area contributed by atoms with Crippen LogP contribution in [0.1, 0.15) is 15.9 Å². The van der Waals surface area contributed by atoms with Crippen LogP contribution in [0.3, 0.4) is 0 Å². The Morgan fingerprint density at radius 1 is 1.05 bits per heavy atom. The minimum Gasteiger partial charge on any atom is -0.507 e. The summed E-state index contributed by atoms with van der Waals surface area (Å²) in [6.45, 7) is 0. The molecule has 0 saturated heterocycles. The van der Waals surface area contributed by atoms with E-state index < -0.39 is 34.0 Å². The monoisotopic (exact) mass is 316 g/mol. The van der Waals surface area contributed by atoms with E-state index in [9.17, 15) is 23.1 Å². The molecule has 0 atom stereocenters. The van der Waals surface area contributed by atoms with E-state index in [4.69, 9.17) is 16.7 Å². The molecule has 0 heterocycles. The lowest BCUT2D eigenvalue weighted by Crippen LogP contribution is -2.06. The van der Waals surface area contributed by atoms with Gasteiger partial charge in [0.2, 0.25) is 0 Å². The van der Waals surface area contributed by atoms with E-state index in [1.165, 1.54) is 12.1 Å². The summed E-state index contributed by atoms with van der Waals surface area (Å²) in [6, 6.07) is 6.80. The number of hydrogen-bond acceptors (Lipinski definition) is 2. The molecule has 21 heavy (non-hydrogen) atoms. The van der Waals surface area contributed by atoms with Crippen LogP contribution < -0.4 is 0 Å². The molecular formula is C14H8ClF3O3. The second kappa shape index (κ2) is 5.29. The molecule has 110 valence electrons. The molecule has 2 rings (SSSR count). The fraction of sp³-hybridized carbons (Fsp3) is 0.0714. The quantitative estimate of drug-likeness (QED) is 0.861. The van der Waals surface area contributed by atoms with Gasteiger partial charge in [-0.3, -0.25) is 0 Å². The van der Waals surface area contributed by atoms with E-state index in [2.05, 4.69) is 0 Å². The highest BCUT2D eigenvalue weighted by atomic mass is 35.5. The number of benzene rings is 2. The number of carboxylic acid groups (broad SMARTS) is 1. The second-order valence-corrected chi connectivity index (χ2v) is 4.64. The van der Waals surface area contributed by atoms with Gasteiger partial charge in [-0.2, -0.15) is 13.2 Å². The minimum absolute atomic E-state index is 0.147. The number of carbonyl (C=O) groups is 1. The topological polar surface area (TPSA) is 57.5 Å². The highest BCUT2D eigenvalue weighted by Crippen LogP contribution is 2.37. The Labute approximate surface area is 122 Å². The van der Waals surface area contributed by atoms with Crippen molar-refractivity contribution in [2.75, 3.05) is 0 Å². The van der Waals surface area contributed by atoms with Crippen molar-refractivity contribution in [1.29, 1.82) is 0 Å². The summed E-state index contributed by atoms with van der Waals surface area (Å²) < 4.78 is 38.4. The molecule has 0 saturated carbocycles. The normalized spacial score (nSPS) is 11.4. The zero-order chi connectivity index (χ0) is 15.8. The summed E-state index contributed by atoms with van der Waals surface area (Å²) >= 11 is 5.52. The molecule has 0 aromatic heterocycles. The summed E-state index contributed by atoms with van der Waals surface area (Å²) in [5.41, 5.74) is -1.02. The van der Waals surface area contributed by atoms with Crippen LogP contribution in [0.2, 0.25) is 5.02 Å². The fourth-order valence-electron chi connectivity index (χ4n) is 1.81. The largest absolute Gasteiger partial charge is 0.507 e. The van der Waals surface area contributed by atoms with Crippen LogP contribution in [-0.2, 0) is 6.18 Å². The number of phenols is 1. The molecule has 0 amide bonds. The molecule has 2 aromatic rings. The molecule has 0 aliphatic rings. The molecule has 2 aromatic carbocycles. The highest BCUT2D eigenvalue weighted by molar-refractivity contribution is 6.31. The van der Waals surface area contributed by atoms with Crippen LogP contribution in [0.25, 0.3) is 11.1 Å². The van der Waals surface area contributed by atoms with Crippen molar-refractivity contribution in [1.82, 2.24) is 0 Å². The number of halogens is 4. The van der Waals surface area contributed by atoms with Crippen LogP contribution >= 0.6 is 11.6 Å². The van der Waals surface area contributed by atoms with Crippen LogP contribution in [0, 0.1) is 0 Å². The third-order valence-electron chi connectivity index (χ3n) is 2.83. The Bertz CT molecular complexity index is 711. The van der Waals surface area contributed by atoms with Crippen molar-refractivity contribution < 1.29 is 28.2 Å². The Morgan fingerprint density at radius 2 is 1.62 bits per heavy atom. The molecule has 0 unspecified atom stereocenters.